The first-order valence-corrected chi connectivity index (χ1v) is 7.11. The lowest BCUT2D eigenvalue weighted by atomic mass is 10.1. The van der Waals surface area contributed by atoms with Crippen LogP contribution < -0.4 is 4.74 Å². The zero-order valence-electron chi connectivity index (χ0n) is 9.93. The summed E-state index contributed by atoms with van der Waals surface area (Å²) in [6, 6.07) is 2.55. The minimum atomic E-state index is -0.666. The lowest BCUT2D eigenvalue weighted by Gasteiger charge is -2.22. The van der Waals surface area contributed by atoms with Gasteiger partial charge in [0.25, 0.3) is 0 Å². The van der Waals surface area contributed by atoms with Crippen molar-refractivity contribution in [3.8, 4) is 5.75 Å². The summed E-state index contributed by atoms with van der Waals surface area (Å²) in [6.07, 6.45) is 2.93. The van der Waals surface area contributed by atoms with Crippen LogP contribution in [-0.2, 0) is 10.1 Å². The number of benzene rings is 1. The van der Waals surface area contributed by atoms with Crippen molar-refractivity contribution in [2.24, 2.45) is 0 Å². The van der Waals surface area contributed by atoms with Crippen molar-refractivity contribution in [2.75, 3.05) is 13.2 Å². The Kier molecular flexibility index (Phi) is 4.95. The average molecular weight is 321 g/mol. The van der Waals surface area contributed by atoms with Crippen molar-refractivity contribution in [1.29, 1.82) is 0 Å². The van der Waals surface area contributed by atoms with Crippen LogP contribution in [0.4, 0.5) is 8.78 Å². The van der Waals surface area contributed by atoms with E-state index in [-0.39, 0.29) is 18.5 Å². The first-order chi connectivity index (χ1) is 8.70. The molecule has 18 heavy (non-hydrogen) atoms. The highest BCUT2D eigenvalue weighted by atomic mass is 79.9. The standard InChI is InChI=1S/C13H15BrF2O2/c14-7-9-5-11(15)13(12(16)6-9)18-8-10-3-1-2-4-17-10/h5-6,10H,1-4,7-8H2. The molecule has 2 nitrogen and oxygen atoms in total. The van der Waals surface area contributed by atoms with E-state index in [1.165, 1.54) is 12.1 Å². The highest BCUT2D eigenvalue weighted by molar-refractivity contribution is 9.08. The van der Waals surface area contributed by atoms with E-state index in [1.807, 2.05) is 0 Å². The summed E-state index contributed by atoms with van der Waals surface area (Å²) in [5.41, 5.74) is 0.547. The van der Waals surface area contributed by atoms with Gasteiger partial charge in [0.15, 0.2) is 17.4 Å². The third-order valence-electron chi connectivity index (χ3n) is 2.90. The summed E-state index contributed by atoms with van der Waals surface area (Å²) in [5.74, 6) is -1.64. The van der Waals surface area contributed by atoms with Gasteiger partial charge in [-0.3, -0.25) is 0 Å². The van der Waals surface area contributed by atoms with Crippen LogP contribution in [0.2, 0.25) is 0 Å². The Morgan fingerprint density at radius 1 is 1.28 bits per heavy atom. The van der Waals surface area contributed by atoms with Crippen LogP contribution in [0.25, 0.3) is 0 Å². The maximum atomic E-state index is 13.6. The molecular formula is C13H15BrF2O2. The van der Waals surface area contributed by atoms with Crippen LogP contribution in [0.3, 0.4) is 0 Å². The lowest BCUT2D eigenvalue weighted by Crippen LogP contribution is -2.26. The van der Waals surface area contributed by atoms with Crippen molar-refractivity contribution >= 4 is 15.9 Å². The molecule has 1 heterocycles. The summed E-state index contributed by atoms with van der Waals surface area (Å²) in [7, 11) is 0. The van der Waals surface area contributed by atoms with Gasteiger partial charge in [-0.05, 0) is 37.0 Å². The molecule has 0 saturated carbocycles. The second kappa shape index (κ2) is 6.48. The van der Waals surface area contributed by atoms with E-state index < -0.39 is 11.6 Å². The predicted octanol–water partition coefficient (Wildman–Crippen LogP) is 3.81. The number of alkyl halides is 1. The van der Waals surface area contributed by atoms with Gasteiger partial charge < -0.3 is 9.47 Å². The molecule has 1 fully saturated rings. The molecule has 1 aliphatic heterocycles. The van der Waals surface area contributed by atoms with Gasteiger partial charge in [0.2, 0.25) is 0 Å². The van der Waals surface area contributed by atoms with Crippen LogP contribution in [0.1, 0.15) is 24.8 Å². The van der Waals surface area contributed by atoms with Gasteiger partial charge in [-0.1, -0.05) is 15.9 Å². The second-order valence-corrected chi connectivity index (χ2v) is 4.88. The van der Waals surface area contributed by atoms with Gasteiger partial charge in [-0.2, -0.15) is 0 Å². The summed E-state index contributed by atoms with van der Waals surface area (Å²) < 4.78 is 37.9. The number of hydrogen-bond donors (Lipinski definition) is 0. The number of halogens is 3. The smallest absolute Gasteiger partial charge is 0.190 e. The summed E-state index contributed by atoms with van der Waals surface area (Å²) in [6.45, 7) is 0.892. The number of rotatable bonds is 4. The summed E-state index contributed by atoms with van der Waals surface area (Å²) in [4.78, 5) is 0. The highest BCUT2D eigenvalue weighted by Crippen LogP contribution is 2.25. The van der Waals surface area contributed by atoms with Crippen LogP contribution in [0.15, 0.2) is 12.1 Å². The van der Waals surface area contributed by atoms with Crippen molar-refractivity contribution in [2.45, 2.75) is 30.7 Å². The third kappa shape index (κ3) is 3.42. The topological polar surface area (TPSA) is 18.5 Å². The first kappa shape index (κ1) is 13.7. The van der Waals surface area contributed by atoms with E-state index in [0.717, 1.165) is 19.3 Å². The fourth-order valence-electron chi connectivity index (χ4n) is 1.94. The van der Waals surface area contributed by atoms with Crippen molar-refractivity contribution in [3.63, 3.8) is 0 Å². The predicted molar refractivity (Wildman–Crippen MR) is 68.1 cm³/mol. The quantitative estimate of drug-likeness (QED) is 0.785. The molecule has 5 heteroatoms. The molecule has 2 rings (SSSR count). The van der Waals surface area contributed by atoms with Crippen LogP contribution >= 0.6 is 15.9 Å². The first-order valence-electron chi connectivity index (χ1n) is 5.99. The summed E-state index contributed by atoms with van der Waals surface area (Å²) >= 11 is 3.16. The molecule has 1 unspecified atom stereocenters. The van der Waals surface area contributed by atoms with Gasteiger partial charge in [-0.25, -0.2) is 8.78 Å². The molecule has 0 N–H and O–H groups in total. The van der Waals surface area contributed by atoms with Gasteiger partial charge in [0.05, 0.1) is 6.10 Å². The van der Waals surface area contributed by atoms with Crippen LogP contribution in [-0.4, -0.2) is 19.3 Å². The minimum Gasteiger partial charge on any atom is -0.485 e. The molecule has 0 aliphatic carbocycles. The Labute approximate surface area is 113 Å². The molecule has 1 saturated heterocycles. The molecule has 0 radical (unpaired) electrons. The Hall–Kier alpha value is -0.680. The van der Waals surface area contributed by atoms with Gasteiger partial charge in [0, 0.05) is 11.9 Å². The second-order valence-electron chi connectivity index (χ2n) is 4.32. The molecule has 0 amide bonds. The van der Waals surface area contributed by atoms with Gasteiger partial charge in [-0.15, -0.1) is 0 Å². The fourth-order valence-corrected chi connectivity index (χ4v) is 2.27. The molecule has 1 aromatic rings. The van der Waals surface area contributed by atoms with E-state index in [1.54, 1.807) is 0 Å². The Morgan fingerprint density at radius 3 is 2.56 bits per heavy atom. The SMILES string of the molecule is Fc1cc(CBr)cc(F)c1OCC1CCCCO1. The molecule has 1 aromatic carbocycles. The van der Waals surface area contributed by atoms with E-state index in [4.69, 9.17) is 9.47 Å². The minimum absolute atomic E-state index is 0.0617. The van der Waals surface area contributed by atoms with Gasteiger partial charge >= 0.3 is 0 Å². The Bertz CT molecular complexity index is 383. The van der Waals surface area contributed by atoms with Crippen molar-refractivity contribution in [1.82, 2.24) is 0 Å². The zero-order valence-corrected chi connectivity index (χ0v) is 11.5. The largest absolute Gasteiger partial charge is 0.485 e. The molecule has 1 atom stereocenters. The Balaban J connectivity index is 2.00. The lowest BCUT2D eigenvalue weighted by molar-refractivity contribution is -0.0124. The maximum absolute atomic E-state index is 13.6. The molecule has 1 aliphatic rings. The number of ether oxygens (including phenoxy) is 2. The zero-order chi connectivity index (χ0) is 13.0. The van der Waals surface area contributed by atoms with Crippen LogP contribution in [0, 0.1) is 11.6 Å². The normalized spacial score (nSPS) is 19.8. The van der Waals surface area contributed by atoms with Crippen LogP contribution in [0.5, 0.6) is 5.75 Å². The molecule has 0 bridgehead atoms. The maximum Gasteiger partial charge on any atom is 0.190 e. The van der Waals surface area contributed by atoms with E-state index in [2.05, 4.69) is 15.9 Å². The average Bonchev–Trinajstić information content (AvgIpc) is 2.38. The monoisotopic (exact) mass is 320 g/mol. The third-order valence-corrected chi connectivity index (χ3v) is 3.55. The van der Waals surface area contributed by atoms with E-state index in [0.29, 0.717) is 17.5 Å². The molecule has 100 valence electrons. The van der Waals surface area contributed by atoms with E-state index >= 15 is 0 Å². The molecule has 0 aromatic heterocycles. The Morgan fingerprint density at radius 2 is 2.00 bits per heavy atom. The summed E-state index contributed by atoms with van der Waals surface area (Å²) in [5, 5.41) is 0.410. The fraction of sp³-hybridized carbons (Fsp3) is 0.538. The van der Waals surface area contributed by atoms with E-state index in [9.17, 15) is 8.78 Å². The van der Waals surface area contributed by atoms with Gasteiger partial charge in [0.1, 0.15) is 6.61 Å². The molecule has 0 spiro atoms. The molecular weight excluding hydrogens is 306 g/mol. The highest BCUT2D eigenvalue weighted by Gasteiger charge is 2.18. The van der Waals surface area contributed by atoms with Crippen molar-refractivity contribution < 1.29 is 18.3 Å². The number of hydrogen-bond acceptors (Lipinski definition) is 2. The van der Waals surface area contributed by atoms with Crippen molar-refractivity contribution in [3.05, 3.63) is 29.3 Å².